The van der Waals surface area contributed by atoms with Crippen molar-refractivity contribution >= 4 is 16.8 Å². The number of hydrogen-bond acceptors (Lipinski definition) is 1. The van der Waals surface area contributed by atoms with E-state index in [0.717, 1.165) is 21.8 Å². The van der Waals surface area contributed by atoms with Crippen molar-refractivity contribution in [3.63, 3.8) is 0 Å². The highest BCUT2D eigenvalue weighted by Crippen LogP contribution is 2.49. The topological polar surface area (TPSA) is 49.7 Å². The molecule has 3 aromatic carbocycles. The number of benzene rings is 3. The molecule has 0 aliphatic rings. The average molecular weight is 400 g/mol. The molecule has 27 heavy (non-hydrogen) atoms. The summed E-state index contributed by atoms with van der Waals surface area (Å²) in [7, 11) is -0.983. The van der Waals surface area contributed by atoms with Crippen molar-refractivity contribution in [2.45, 2.75) is 30.1 Å². The number of hydrogen-bond donors (Lipinski definition) is 2. The Morgan fingerprint density at radius 3 is 1.78 bits per heavy atom. The summed E-state index contributed by atoms with van der Waals surface area (Å²) in [6.07, 6.45) is 0.820. The van der Waals surface area contributed by atoms with Gasteiger partial charge in [0.15, 0.2) is 0 Å². The van der Waals surface area contributed by atoms with Gasteiger partial charge in [-0.1, -0.05) is 68.4 Å². The maximum atomic E-state index is 11.1. The molecule has 0 fully saturated rings. The molecule has 0 aliphatic heterocycles. The summed E-state index contributed by atoms with van der Waals surface area (Å²) in [5.41, 5.74) is 0.990. The molecule has 0 radical (unpaired) electrons. The van der Waals surface area contributed by atoms with E-state index in [-0.39, 0.29) is 0 Å². The number of rotatable bonds is 6. The van der Waals surface area contributed by atoms with Crippen molar-refractivity contribution in [2.24, 2.45) is 5.92 Å². The second-order valence-corrected chi connectivity index (χ2v) is 11.9. The molecule has 0 spiro atoms. The molecule has 3 rings (SSSR count). The Hall–Kier alpha value is -1.84. The van der Waals surface area contributed by atoms with E-state index < -0.39 is 16.8 Å². The molecule has 3 nitrogen and oxygen atoms in total. The summed E-state index contributed by atoms with van der Waals surface area (Å²) in [5, 5.41) is 0. The van der Waals surface area contributed by atoms with Gasteiger partial charge in [0.25, 0.3) is 0 Å². The van der Waals surface area contributed by atoms with E-state index >= 15 is 0 Å². The molecule has 0 heterocycles. The van der Waals surface area contributed by atoms with Crippen LogP contribution >= 0.6 is 6.72 Å². The van der Waals surface area contributed by atoms with Gasteiger partial charge in [0, 0.05) is 9.79 Å². The fourth-order valence-electron chi connectivity index (χ4n) is 2.88. The van der Waals surface area contributed by atoms with Crippen LogP contribution in [0.2, 0.25) is 0 Å². The Morgan fingerprint density at radius 2 is 1.26 bits per heavy atom. The lowest BCUT2D eigenvalue weighted by atomic mass is 10.0. The van der Waals surface area contributed by atoms with Gasteiger partial charge in [-0.2, -0.15) is 0 Å². The summed E-state index contributed by atoms with van der Waals surface area (Å²) >= 11 is 0. The van der Waals surface area contributed by atoms with E-state index in [1.165, 1.54) is 0 Å². The van der Waals surface area contributed by atoms with Crippen LogP contribution in [0.1, 0.15) is 19.4 Å². The van der Waals surface area contributed by atoms with Crippen LogP contribution in [0.4, 0.5) is 0 Å². The zero-order valence-electron chi connectivity index (χ0n) is 15.5. The molecule has 0 amide bonds. The molecule has 0 aromatic heterocycles. The molecule has 2 N–H and O–H groups in total. The zero-order chi connectivity index (χ0) is 19.3. The minimum Gasteiger partial charge on any atom is -0.427 e. The lowest BCUT2D eigenvalue weighted by Gasteiger charge is -2.23. The Labute approximate surface area is 163 Å². The quantitative estimate of drug-likeness (QED) is 0.525. The predicted octanol–water partition coefficient (Wildman–Crippen LogP) is 5.66. The standard InChI is InChI=1S/C22H25O3PS/c1-18(2)17-19-11-9-10-16-22(19)25-26(23,24)27(20-12-5-3-6-13-20)21-14-7-4-8-15-21/h3-16,18,23-24H,17H2,1-2H3. The van der Waals surface area contributed by atoms with Crippen LogP contribution in [0.15, 0.2) is 94.7 Å². The van der Waals surface area contributed by atoms with Crippen molar-refractivity contribution < 1.29 is 14.3 Å². The fraction of sp³-hybridized carbons (Fsp3) is 0.182. The van der Waals surface area contributed by atoms with E-state index in [2.05, 4.69) is 13.8 Å². The molecular formula is C22H25O3PS. The second-order valence-electron chi connectivity index (χ2n) is 6.70. The van der Waals surface area contributed by atoms with E-state index in [1.54, 1.807) is 0 Å². The van der Waals surface area contributed by atoms with Gasteiger partial charge in [0.05, 0.1) is 0 Å². The third-order valence-electron chi connectivity index (χ3n) is 3.99. The first-order chi connectivity index (χ1) is 13.0. The average Bonchev–Trinajstić information content (AvgIpc) is 2.64. The molecule has 0 saturated heterocycles. The van der Waals surface area contributed by atoms with Crippen molar-refractivity contribution in [1.82, 2.24) is 0 Å². The Balaban J connectivity index is 2.14. The monoisotopic (exact) mass is 400 g/mol. The third kappa shape index (κ3) is 5.12. The highest BCUT2D eigenvalue weighted by Gasteiger charge is 2.24. The largest absolute Gasteiger partial charge is 0.427 e. The van der Waals surface area contributed by atoms with Crippen LogP contribution in [0.5, 0.6) is 5.75 Å². The van der Waals surface area contributed by atoms with Gasteiger partial charge < -0.3 is 14.3 Å². The van der Waals surface area contributed by atoms with Gasteiger partial charge in [-0.3, -0.25) is 0 Å². The summed E-state index contributed by atoms with van der Waals surface area (Å²) in [4.78, 5) is 24.0. The third-order valence-corrected chi connectivity index (χ3v) is 9.25. The van der Waals surface area contributed by atoms with Gasteiger partial charge in [0.2, 0.25) is 0 Å². The van der Waals surface area contributed by atoms with E-state index in [1.807, 2.05) is 84.9 Å². The van der Waals surface area contributed by atoms with Crippen LogP contribution in [0.3, 0.4) is 0 Å². The summed E-state index contributed by atoms with van der Waals surface area (Å²) in [5.74, 6) is 0.996. The highest BCUT2D eigenvalue weighted by molar-refractivity contribution is 8.27. The first-order valence-corrected chi connectivity index (χ1v) is 12.4. The molecule has 0 bridgehead atoms. The molecule has 142 valence electrons. The smallest absolute Gasteiger partial charge is 0.341 e. The van der Waals surface area contributed by atoms with Crippen LogP contribution in [-0.2, 0) is 16.5 Å². The minimum absolute atomic E-state index is 0.446. The second kappa shape index (κ2) is 8.90. The lowest BCUT2D eigenvalue weighted by molar-refractivity contribution is 0.367. The van der Waals surface area contributed by atoms with E-state index in [4.69, 9.17) is 4.52 Å². The Kier molecular flexibility index (Phi) is 6.56. The summed E-state index contributed by atoms with van der Waals surface area (Å²) in [6.45, 7) is 0.508. The molecule has 0 atom stereocenters. The van der Waals surface area contributed by atoms with E-state index in [9.17, 15) is 9.79 Å². The summed E-state index contributed by atoms with van der Waals surface area (Å²) in [6, 6.07) is 26.8. The van der Waals surface area contributed by atoms with Crippen molar-refractivity contribution in [3.8, 4) is 5.75 Å². The normalized spacial score (nSPS) is 11.8. The molecule has 3 aromatic rings. The lowest BCUT2D eigenvalue weighted by Crippen LogP contribution is -2.05. The Morgan fingerprint density at radius 1 is 0.778 bits per heavy atom. The molecular weight excluding hydrogens is 375 g/mol. The van der Waals surface area contributed by atoms with Crippen molar-refractivity contribution in [1.29, 1.82) is 0 Å². The van der Waals surface area contributed by atoms with Crippen LogP contribution in [0.25, 0.3) is 0 Å². The fourth-order valence-corrected chi connectivity index (χ4v) is 7.88. The maximum absolute atomic E-state index is 11.1. The van der Waals surface area contributed by atoms with Gasteiger partial charge >= 0.3 is 6.72 Å². The SMILES string of the molecule is CC(C)Cc1ccccc1OP(O)(O)=S(c1ccccc1)c1ccccc1. The predicted molar refractivity (Wildman–Crippen MR) is 114 cm³/mol. The first kappa shape index (κ1) is 19.9. The molecule has 5 heteroatoms. The zero-order valence-corrected chi connectivity index (χ0v) is 17.2. The molecule has 0 aliphatic carbocycles. The molecule has 0 saturated carbocycles. The first-order valence-electron chi connectivity index (χ1n) is 8.94. The van der Waals surface area contributed by atoms with Crippen molar-refractivity contribution in [2.75, 3.05) is 0 Å². The number of para-hydroxylation sites is 1. The van der Waals surface area contributed by atoms with Crippen molar-refractivity contribution in [3.05, 3.63) is 90.5 Å². The van der Waals surface area contributed by atoms with Gasteiger partial charge in [-0.05, 0) is 58.3 Å². The summed E-state index contributed by atoms with van der Waals surface area (Å²) < 4.78 is 5.94. The maximum Gasteiger partial charge on any atom is 0.341 e. The van der Waals surface area contributed by atoms with Gasteiger partial charge in [-0.15, -0.1) is 0 Å². The highest BCUT2D eigenvalue weighted by atomic mass is 32.5. The van der Waals surface area contributed by atoms with Crippen LogP contribution in [0, 0.1) is 5.92 Å². The van der Waals surface area contributed by atoms with Crippen LogP contribution < -0.4 is 4.52 Å². The minimum atomic E-state index is -3.76. The van der Waals surface area contributed by atoms with Gasteiger partial charge in [-0.25, -0.2) is 0 Å². The van der Waals surface area contributed by atoms with Gasteiger partial charge in [0.1, 0.15) is 5.75 Å². The van der Waals surface area contributed by atoms with Crippen LogP contribution in [-0.4, -0.2) is 9.79 Å². The molecule has 0 unspecified atom stereocenters. The Bertz CT molecular complexity index is 893. The van der Waals surface area contributed by atoms with E-state index in [0.29, 0.717) is 11.7 Å².